The first kappa shape index (κ1) is 33.4. The summed E-state index contributed by atoms with van der Waals surface area (Å²) in [4.78, 5) is 38.1. The van der Waals surface area contributed by atoms with Gasteiger partial charge in [-0.05, 0) is 78.1 Å². The van der Waals surface area contributed by atoms with E-state index in [0.717, 1.165) is 53.6 Å². The molecule has 0 saturated carbocycles. The van der Waals surface area contributed by atoms with Crippen LogP contribution in [-0.4, -0.2) is 50.8 Å². The van der Waals surface area contributed by atoms with Crippen molar-refractivity contribution in [3.05, 3.63) is 82.1 Å². The Morgan fingerprint density at radius 2 is 1.72 bits per heavy atom. The lowest BCUT2D eigenvalue weighted by Gasteiger charge is -2.19. The van der Waals surface area contributed by atoms with Crippen molar-refractivity contribution in [2.45, 2.75) is 58.0 Å². The number of carbonyl (C=O) groups excluding carboxylic acids is 2. The number of carbonyl (C=O) groups is 2. The van der Waals surface area contributed by atoms with Crippen LogP contribution >= 0.6 is 0 Å². The predicted octanol–water partition coefficient (Wildman–Crippen LogP) is 5.61. The first-order chi connectivity index (χ1) is 22.8. The molecule has 10 nitrogen and oxygen atoms in total. The molecular weight excluding hydrogens is 596 g/mol. The molecule has 3 N–H and O–H groups in total. The van der Waals surface area contributed by atoms with Crippen LogP contribution in [-0.2, 0) is 22.6 Å². The highest BCUT2D eigenvalue weighted by Gasteiger charge is 2.29. The minimum absolute atomic E-state index is 0.0477. The highest BCUT2D eigenvalue weighted by atomic mass is 16.5. The molecule has 1 heterocycles. The Bertz CT molecular complexity index is 1800. The maximum atomic E-state index is 13.5. The van der Waals surface area contributed by atoms with Gasteiger partial charge in [0.1, 0.15) is 0 Å². The van der Waals surface area contributed by atoms with Crippen molar-refractivity contribution in [3.63, 3.8) is 0 Å². The number of hydrogen-bond acceptors (Lipinski definition) is 7. The van der Waals surface area contributed by atoms with E-state index in [1.807, 2.05) is 30.5 Å². The lowest BCUT2D eigenvalue weighted by molar-refractivity contribution is -0.121. The molecule has 1 atom stereocenters. The van der Waals surface area contributed by atoms with Crippen molar-refractivity contribution >= 4 is 28.4 Å². The van der Waals surface area contributed by atoms with Crippen molar-refractivity contribution in [1.29, 1.82) is 0 Å². The summed E-state index contributed by atoms with van der Waals surface area (Å²) in [5.41, 5.74) is 4.76. The molecule has 1 aliphatic rings. The van der Waals surface area contributed by atoms with Gasteiger partial charge in [0.15, 0.2) is 11.5 Å². The number of aryl methyl sites for hydroxylation is 1. The highest BCUT2D eigenvalue weighted by molar-refractivity contribution is 5.84. The molecule has 0 saturated heterocycles. The third-order valence-electron chi connectivity index (χ3n) is 8.67. The zero-order valence-corrected chi connectivity index (χ0v) is 27.6. The number of rotatable bonds is 14. The number of fused-ring (bicyclic) bond motifs is 4. The molecule has 0 fully saturated rings. The van der Waals surface area contributed by atoms with E-state index < -0.39 is 0 Å². The van der Waals surface area contributed by atoms with Gasteiger partial charge in [0.25, 0.3) is 0 Å². The summed E-state index contributed by atoms with van der Waals surface area (Å²) in [6.45, 7) is 3.38. The molecule has 47 heavy (non-hydrogen) atoms. The van der Waals surface area contributed by atoms with Crippen molar-refractivity contribution in [2.24, 2.45) is 0 Å². The molecule has 0 bridgehead atoms. The van der Waals surface area contributed by atoms with Crippen LogP contribution in [0.4, 0.5) is 5.69 Å². The average molecular weight is 641 g/mol. The van der Waals surface area contributed by atoms with Crippen LogP contribution in [0, 0.1) is 0 Å². The van der Waals surface area contributed by atoms with Gasteiger partial charge in [0.2, 0.25) is 23.0 Å². The Labute approximate surface area is 275 Å². The van der Waals surface area contributed by atoms with E-state index in [1.165, 1.54) is 12.3 Å². The molecule has 10 heteroatoms. The Kier molecular flexibility index (Phi) is 11.0. The van der Waals surface area contributed by atoms with Gasteiger partial charge in [0.05, 0.1) is 33.1 Å². The Morgan fingerprint density at radius 3 is 2.49 bits per heavy atom. The van der Waals surface area contributed by atoms with Crippen molar-refractivity contribution in [1.82, 2.24) is 15.2 Å². The van der Waals surface area contributed by atoms with E-state index in [0.29, 0.717) is 55.3 Å². The van der Waals surface area contributed by atoms with E-state index in [9.17, 15) is 14.4 Å². The third-order valence-corrected chi connectivity index (χ3v) is 8.67. The van der Waals surface area contributed by atoms with Gasteiger partial charge in [-0.1, -0.05) is 30.7 Å². The van der Waals surface area contributed by atoms with Crippen LogP contribution in [0.25, 0.3) is 22.0 Å². The predicted molar refractivity (Wildman–Crippen MR) is 185 cm³/mol. The summed E-state index contributed by atoms with van der Waals surface area (Å²) >= 11 is 0. The molecule has 4 aromatic rings. The molecule has 1 aromatic heterocycles. The fourth-order valence-electron chi connectivity index (χ4n) is 6.40. The lowest BCUT2D eigenvalue weighted by atomic mass is 9.95. The number of nitrogens with one attached hydrogen (secondary N) is 3. The Balaban J connectivity index is 1.21. The Morgan fingerprint density at radius 1 is 0.915 bits per heavy atom. The lowest BCUT2D eigenvalue weighted by Crippen LogP contribution is -2.26. The third kappa shape index (κ3) is 7.70. The highest BCUT2D eigenvalue weighted by Crippen LogP contribution is 2.50. The van der Waals surface area contributed by atoms with Gasteiger partial charge >= 0.3 is 0 Å². The topological polar surface area (TPSA) is 120 Å². The summed E-state index contributed by atoms with van der Waals surface area (Å²) in [5.74, 6) is 1.41. The first-order valence-corrected chi connectivity index (χ1v) is 16.2. The van der Waals surface area contributed by atoms with Crippen LogP contribution in [0.5, 0.6) is 17.2 Å². The molecule has 248 valence electrons. The van der Waals surface area contributed by atoms with Gasteiger partial charge in [-0.25, -0.2) is 0 Å². The fraction of sp³-hybridized carbons (Fsp3) is 0.378. The number of aromatic nitrogens is 1. The van der Waals surface area contributed by atoms with Crippen LogP contribution in [0.15, 0.2) is 65.6 Å². The quantitative estimate of drug-likeness (QED) is 0.153. The first-order valence-electron chi connectivity index (χ1n) is 16.2. The van der Waals surface area contributed by atoms with Crippen molar-refractivity contribution < 1.29 is 23.8 Å². The average Bonchev–Trinajstić information content (AvgIpc) is 3.33. The summed E-state index contributed by atoms with van der Waals surface area (Å²) in [5, 5.41) is 10.5. The number of anilines is 1. The molecule has 1 aliphatic carbocycles. The van der Waals surface area contributed by atoms with E-state index in [4.69, 9.17) is 14.2 Å². The second kappa shape index (κ2) is 15.5. The normalized spacial score (nSPS) is 13.6. The number of benzene rings is 2. The number of hydrogen-bond donors (Lipinski definition) is 3. The minimum Gasteiger partial charge on any atom is -0.493 e. The van der Waals surface area contributed by atoms with Crippen LogP contribution in [0.1, 0.15) is 56.2 Å². The molecule has 3 aromatic carbocycles. The molecule has 0 spiro atoms. The summed E-state index contributed by atoms with van der Waals surface area (Å²) < 4.78 is 19.3. The maximum Gasteiger partial charge on any atom is 0.220 e. The van der Waals surface area contributed by atoms with E-state index in [2.05, 4.69) is 38.7 Å². The largest absolute Gasteiger partial charge is 0.493 e. The molecule has 0 radical (unpaired) electrons. The van der Waals surface area contributed by atoms with Gasteiger partial charge in [0, 0.05) is 50.3 Å². The zero-order chi connectivity index (χ0) is 33.3. The monoisotopic (exact) mass is 640 g/mol. The SMILES string of the molecule is COc1cc2c(c(OC)c1OC)-c1ccc(NCCCCCC(=O)NCCn3ccc4ccccc43)c(=O)cc1[C@@H](NC(C)=O)CC2. The molecule has 2 amide bonds. The van der Waals surface area contributed by atoms with Crippen LogP contribution < -0.4 is 35.6 Å². The maximum absolute atomic E-state index is 13.5. The molecule has 5 rings (SSSR count). The number of para-hydroxylation sites is 1. The van der Waals surface area contributed by atoms with Gasteiger partial charge in [-0.15, -0.1) is 0 Å². The number of unbranched alkanes of at least 4 members (excludes halogenated alkanes) is 2. The van der Waals surface area contributed by atoms with Crippen molar-refractivity contribution in [3.8, 4) is 28.4 Å². The number of methoxy groups -OCH3 is 3. The molecular formula is C37H44N4O6. The van der Waals surface area contributed by atoms with E-state index in [1.54, 1.807) is 33.5 Å². The minimum atomic E-state index is -0.363. The van der Waals surface area contributed by atoms with Gasteiger partial charge in [-0.2, -0.15) is 0 Å². The van der Waals surface area contributed by atoms with E-state index >= 15 is 0 Å². The molecule has 0 aliphatic heterocycles. The second-order valence-corrected chi connectivity index (χ2v) is 11.8. The Hall–Kier alpha value is -4.99. The second-order valence-electron chi connectivity index (χ2n) is 11.8. The van der Waals surface area contributed by atoms with Crippen molar-refractivity contribution in [2.75, 3.05) is 39.7 Å². The smallest absolute Gasteiger partial charge is 0.220 e. The number of amides is 2. The summed E-state index contributed by atoms with van der Waals surface area (Å²) in [7, 11) is 4.72. The fourth-order valence-corrected chi connectivity index (χ4v) is 6.40. The zero-order valence-electron chi connectivity index (χ0n) is 27.6. The number of nitrogens with zero attached hydrogens (tertiary/aromatic N) is 1. The van der Waals surface area contributed by atoms with Gasteiger partial charge < -0.3 is 34.7 Å². The summed E-state index contributed by atoms with van der Waals surface area (Å²) in [6.07, 6.45) is 6.17. The standard InChI is InChI=1S/C37H44N4O6/c1-24(42)40-29-15-13-26-22-33(45-2)36(46-3)37(47-4)35(26)27-14-16-30(32(43)23-28(27)29)38-18-9-5-6-12-34(44)39-19-21-41-20-17-25-10-7-8-11-31(25)41/h7-8,10-11,14,16-17,20,22-23,29H,5-6,9,12-13,15,18-19,21H2,1-4H3,(H,38,43)(H,39,44)(H,40,42)/t29-/m0/s1. The van der Waals surface area contributed by atoms with E-state index in [-0.39, 0.29) is 23.3 Å². The molecule has 0 unspecified atom stereocenters. The van der Waals surface area contributed by atoms with Crippen LogP contribution in [0.3, 0.4) is 0 Å². The number of ether oxygens (including phenoxy) is 3. The van der Waals surface area contributed by atoms with Gasteiger partial charge in [-0.3, -0.25) is 14.4 Å². The van der Waals surface area contributed by atoms with Crippen LogP contribution in [0.2, 0.25) is 0 Å². The summed E-state index contributed by atoms with van der Waals surface area (Å²) in [6, 6.07) is 17.2.